The van der Waals surface area contributed by atoms with Crippen LogP contribution in [0.2, 0.25) is 0 Å². The molecule has 0 aromatic carbocycles. The van der Waals surface area contributed by atoms with E-state index in [2.05, 4.69) is 0 Å². The van der Waals surface area contributed by atoms with Gasteiger partial charge in [-0.1, -0.05) is 0 Å². The standard InChI is InChI=1S/C9H18N2O2/c1-9(2,3)11-6-4-10(5-7-11)8(12)13/h4-7H2,1-3H3,(H,12,13)/i4D2,5D2,6D2,7D2. The van der Waals surface area contributed by atoms with E-state index in [4.69, 9.17) is 16.1 Å². The van der Waals surface area contributed by atoms with Crippen molar-refractivity contribution in [2.75, 3.05) is 26.0 Å². The number of nitrogens with zero attached hydrogens (tertiary/aromatic N) is 2. The summed E-state index contributed by atoms with van der Waals surface area (Å²) in [7, 11) is 0. The molecule has 0 aliphatic carbocycles. The Kier molecular flexibility index (Phi) is 1.03. The van der Waals surface area contributed by atoms with Gasteiger partial charge in [-0.25, -0.2) is 4.79 Å². The highest BCUT2D eigenvalue weighted by Crippen LogP contribution is 2.15. The van der Waals surface area contributed by atoms with E-state index in [0.717, 1.165) is 0 Å². The smallest absolute Gasteiger partial charge is 0.407 e. The molecule has 1 N–H and O–H groups in total. The highest BCUT2D eigenvalue weighted by molar-refractivity contribution is 5.65. The molecule has 1 saturated heterocycles. The maximum Gasteiger partial charge on any atom is 0.407 e. The first-order valence-corrected chi connectivity index (χ1v) is 3.77. The Morgan fingerprint density at radius 2 is 1.77 bits per heavy atom. The lowest BCUT2D eigenvalue weighted by Gasteiger charge is -2.41. The van der Waals surface area contributed by atoms with Crippen LogP contribution >= 0.6 is 0 Å². The van der Waals surface area contributed by atoms with Gasteiger partial charge in [0.15, 0.2) is 0 Å². The minimum absolute atomic E-state index is 0.409. The van der Waals surface area contributed by atoms with Gasteiger partial charge in [0.2, 0.25) is 0 Å². The van der Waals surface area contributed by atoms with Gasteiger partial charge in [0.1, 0.15) is 0 Å². The van der Waals surface area contributed by atoms with Gasteiger partial charge in [-0.15, -0.1) is 0 Å². The summed E-state index contributed by atoms with van der Waals surface area (Å²) < 4.78 is 62.6. The predicted octanol–water partition coefficient (Wildman–Crippen LogP) is 1.08. The van der Waals surface area contributed by atoms with Crippen LogP contribution in [0.3, 0.4) is 0 Å². The van der Waals surface area contributed by atoms with Crippen molar-refractivity contribution in [1.29, 1.82) is 0 Å². The zero-order valence-corrected chi connectivity index (χ0v) is 7.75. The number of hydrogen-bond acceptors (Lipinski definition) is 2. The Balaban J connectivity index is 3.73. The largest absolute Gasteiger partial charge is 0.465 e. The molecule has 0 aromatic rings. The second kappa shape index (κ2) is 3.54. The Labute approximate surface area is 90.4 Å². The Morgan fingerprint density at radius 1 is 1.31 bits per heavy atom. The van der Waals surface area contributed by atoms with Crippen LogP contribution in [-0.4, -0.2) is 52.5 Å². The molecule has 0 aromatic heterocycles. The molecule has 76 valence electrons. The summed E-state index contributed by atoms with van der Waals surface area (Å²) in [6.07, 6.45) is -2.08. The van der Waals surface area contributed by atoms with Crippen LogP contribution in [0.5, 0.6) is 0 Å². The third kappa shape index (κ3) is 2.59. The highest BCUT2D eigenvalue weighted by atomic mass is 16.4. The van der Waals surface area contributed by atoms with Crippen molar-refractivity contribution >= 4 is 6.09 Å². The van der Waals surface area contributed by atoms with Gasteiger partial charge < -0.3 is 10.0 Å². The number of amides is 1. The summed E-state index contributed by atoms with van der Waals surface area (Å²) in [5.74, 6) is 0. The average molecular weight is 194 g/mol. The second-order valence-electron chi connectivity index (χ2n) is 3.57. The molecule has 4 nitrogen and oxygen atoms in total. The highest BCUT2D eigenvalue weighted by Gasteiger charge is 2.27. The molecule has 1 aliphatic rings. The summed E-state index contributed by atoms with van der Waals surface area (Å²) in [6, 6.07) is 0. The normalized spacial score (nSPS) is 45.0. The lowest BCUT2D eigenvalue weighted by Crippen LogP contribution is -2.54. The molecule has 0 unspecified atom stereocenters. The van der Waals surface area contributed by atoms with Crippen molar-refractivity contribution in [3.63, 3.8) is 0 Å². The Bertz CT molecular complexity index is 431. The topological polar surface area (TPSA) is 43.8 Å². The van der Waals surface area contributed by atoms with E-state index >= 15 is 0 Å². The number of rotatable bonds is 0. The van der Waals surface area contributed by atoms with E-state index in [0.29, 0.717) is 4.90 Å². The van der Waals surface area contributed by atoms with Crippen LogP contribution in [0.25, 0.3) is 0 Å². The fraction of sp³-hybridized carbons (Fsp3) is 0.889. The van der Waals surface area contributed by atoms with E-state index in [1.165, 1.54) is 20.8 Å². The van der Waals surface area contributed by atoms with Crippen LogP contribution in [0.1, 0.15) is 31.7 Å². The summed E-state index contributed by atoms with van der Waals surface area (Å²) in [5, 5.41) is 9.06. The van der Waals surface area contributed by atoms with Gasteiger partial charge in [0.25, 0.3) is 0 Å². The molecule has 1 aliphatic heterocycles. The van der Waals surface area contributed by atoms with Crippen molar-refractivity contribution in [1.82, 2.24) is 9.80 Å². The maximum atomic E-state index is 11.2. The summed E-state index contributed by atoms with van der Waals surface area (Å²) in [6.45, 7) is -8.57. The van der Waals surface area contributed by atoms with Crippen molar-refractivity contribution in [3.05, 3.63) is 0 Å². The molecule has 4 heteroatoms. The van der Waals surface area contributed by atoms with E-state index in [-0.39, 0.29) is 0 Å². The maximum absolute atomic E-state index is 11.2. The predicted molar refractivity (Wildman–Crippen MR) is 50.9 cm³/mol. The van der Waals surface area contributed by atoms with Crippen molar-refractivity contribution in [2.24, 2.45) is 0 Å². The molecule has 0 bridgehead atoms. The first kappa shape index (κ1) is 3.77. The molecule has 13 heavy (non-hydrogen) atoms. The summed E-state index contributed by atoms with van der Waals surface area (Å²) >= 11 is 0. The van der Waals surface area contributed by atoms with Crippen molar-refractivity contribution in [2.45, 2.75) is 26.3 Å². The van der Waals surface area contributed by atoms with Gasteiger partial charge in [-0.05, 0) is 20.8 Å². The molecule has 1 heterocycles. The minimum atomic E-state index is -3.29. The van der Waals surface area contributed by atoms with Crippen LogP contribution in [0.15, 0.2) is 0 Å². The van der Waals surface area contributed by atoms with Crippen LogP contribution in [0.4, 0.5) is 4.79 Å². The van der Waals surface area contributed by atoms with Gasteiger partial charge in [-0.3, -0.25) is 4.90 Å². The second-order valence-corrected chi connectivity index (χ2v) is 3.57. The zero-order valence-electron chi connectivity index (χ0n) is 15.7. The zero-order chi connectivity index (χ0) is 17.2. The van der Waals surface area contributed by atoms with E-state index in [1.54, 1.807) is 0 Å². The lowest BCUT2D eigenvalue weighted by atomic mass is 10.1. The monoisotopic (exact) mass is 194 g/mol. The van der Waals surface area contributed by atoms with Gasteiger partial charge in [0.05, 0.1) is 5.48 Å². The molecule has 0 radical (unpaired) electrons. The number of piperazine rings is 1. The first-order valence-electron chi connectivity index (χ1n) is 7.77. The quantitative estimate of drug-likeness (QED) is 0.627. The molecule has 1 amide bonds. The third-order valence-electron chi connectivity index (χ3n) is 1.41. The molecular formula is C9H18N2O2. The van der Waals surface area contributed by atoms with E-state index in [9.17, 15) is 4.79 Å². The third-order valence-corrected chi connectivity index (χ3v) is 1.41. The van der Waals surface area contributed by atoms with E-state index in [1.807, 2.05) is 0 Å². The van der Waals surface area contributed by atoms with Gasteiger partial charge >= 0.3 is 6.09 Å². The van der Waals surface area contributed by atoms with Gasteiger partial charge in [0, 0.05) is 37.0 Å². The van der Waals surface area contributed by atoms with Crippen molar-refractivity contribution in [3.8, 4) is 0 Å². The Morgan fingerprint density at radius 3 is 2.08 bits per heavy atom. The molecule has 0 saturated carbocycles. The number of carbonyl (C=O) groups is 1. The summed E-state index contributed by atoms with van der Waals surface area (Å²) in [5.41, 5.74) is -1.29. The average Bonchev–Trinajstić information content (AvgIpc) is 2.08. The number of hydrogen-bond donors (Lipinski definition) is 1. The Hall–Kier alpha value is -0.770. The fourth-order valence-corrected chi connectivity index (χ4v) is 0.687. The number of carboxylic acid groups (broad SMARTS) is 1. The fourth-order valence-electron chi connectivity index (χ4n) is 0.687. The van der Waals surface area contributed by atoms with Crippen LogP contribution < -0.4 is 0 Å². The van der Waals surface area contributed by atoms with Crippen molar-refractivity contribution < 1.29 is 20.9 Å². The molecule has 1 rings (SSSR count). The van der Waals surface area contributed by atoms with Gasteiger partial charge in [-0.2, -0.15) is 0 Å². The van der Waals surface area contributed by atoms with E-state index < -0.39 is 42.5 Å². The SMILES string of the molecule is [2H]C1([2H])N(C(=O)O)C([2H])([2H])C([2H])([2H])N(C(C)(C)C)C1([2H])[2H]. The summed E-state index contributed by atoms with van der Waals surface area (Å²) in [4.78, 5) is 11.2. The molecule has 0 spiro atoms. The minimum Gasteiger partial charge on any atom is -0.465 e. The molecule has 0 atom stereocenters. The molecular weight excluding hydrogens is 168 g/mol. The first-order chi connectivity index (χ1) is 8.93. The van der Waals surface area contributed by atoms with Crippen LogP contribution in [0, 0.1) is 0 Å². The van der Waals surface area contributed by atoms with Crippen LogP contribution in [-0.2, 0) is 0 Å². The molecule has 1 fully saturated rings. The lowest BCUT2D eigenvalue weighted by molar-refractivity contribution is 0.0598.